The van der Waals surface area contributed by atoms with Crippen molar-refractivity contribution >= 4 is 5.91 Å². The van der Waals surface area contributed by atoms with Gasteiger partial charge in [-0.25, -0.2) is 8.78 Å². The molecule has 3 N–H and O–H groups in total. The number of carbonyl (C=O) groups excluding carboxylic acids is 1. The van der Waals surface area contributed by atoms with Crippen LogP contribution in [0.4, 0.5) is 8.78 Å². The molecule has 2 atom stereocenters. The van der Waals surface area contributed by atoms with Gasteiger partial charge in [0.05, 0.1) is 6.04 Å². The molecule has 0 unspecified atom stereocenters. The molecule has 0 spiro atoms. The summed E-state index contributed by atoms with van der Waals surface area (Å²) in [6.07, 6.45) is 0.516. The monoisotopic (exact) mass is 242 g/mol. The number of nitrogens with two attached hydrogens (primary N) is 1. The van der Waals surface area contributed by atoms with Crippen LogP contribution in [-0.4, -0.2) is 11.9 Å². The highest BCUT2D eigenvalue weighted by atomic mass is 19.1. The van der Waals surface area contributed by atoms with Gasteiger partial charge in [-0.05, 0) is 19.4 Å². The van der Waals surface area contributed by atoms with E-state index in [1.807, 2.05) is 0 Å². The van der Waals surface area contributed by atoms with E-state index in [0.717, 1.165) is 6.07 Å². The summed E-state index contributed by atoms with van der Waals surface area (Å²) in [6, 6.07) is 2.43. The van der Waals surface area contributed by atoms with Crippen LogP contribution >= 0.6 is 0 Å². The van der Waals surface area contributed by atoms with E-state index in [-0.39, 0.29) is 0 Å². The zero-order chi connectivity index (χ0) is 13.0. The summed E-state index contributed by atoms with van der Waals surface area (Å²) in [5.74, 6) is -1.74. The minimum atomic E-state index is -0.635. The first kappa shape index (κ1) is 13.6. The molecule has 5 heteroatoms. The Morgan fingerprint density at radius 2 is 2.12 bits per heavy atom. The minimum Gasteiger partial charge on any atom is -0.368 e. The lowest BCUT2D eigenvalue weighted by Gasteiger charge is -2.20. The van der Waals surface area contributed by atoms with Crippen molar-refractivity contribution in [3.63, 3.8) is 0 Å². The van der Waals surface area contributed by atoms with Gasteiger partial charge in [-0.15, -0.1) is 0 Å². The van der Waals surface area contributed by atoms with Gasteiger partial charge < -0.3 is 5.73 Å². The number of nitrogens with one attached hydrogen (secondary N) is 1. The molecular formula is C12H16F2N2O. The second-order valence-corrected chi connectivity index (χ2v) is 3.92. The Morgan fingerprint density at radius 1 is 1.47 bits per heavy atom. The van der Waals surface area contributed by atoms with E-state index in [0.29, 0.717) is 12.0 Å². The van der Waals surface area contributed by atoms with Gasteiger partial charge in [0, 0.05) is 17.7 Å². The zero-order valence-electron chi connectivity index (χ0n) is 9.84. The molecule has 0 bridgehead atoms. The molecule has 0 heterocycles. The number of carbonyl (C=O) groups is 1. The Morgan fingerprint density at radius 3 is 2.59 bits per heavy atom. The fourth-order valence-corrected chi connectivity index (χ4v) is 1.65. The summed E-state index contributed by atoms with van der Waals surface area (Å²) in [6.45, 7) is 3.50. The van der Waals surface area contributed by atoms with E-state index < -0.39 is 29.6 Å². The van der Waals surface area contributed by atoms with E-state index in [1.165, 1.54) is 12.1 Å². The molecule has 0 aliphatic heterocycles. The Hall–Kier alpha value is -1.49. The molecule has 0 saturated carbocycles. The van der Waals surface area contributed by atoms with Crippen molar-refractivity contribution in [3.8, 4) is 0 Å². The van der Waals surface area contributed by atoms with Crippen molar-refractivity contribution < 1.29 is 13.6 Å². The molecule has 0 aliphatic rings. The van der Waals surface area contributed by atoms with E-state index in [9.17, 15) is 13.6 Å². The van der Waals surface area contributed by atoms with Gasteiger partial charge in [-0.3, -0.25) is 10.1 Å². The molecule has 0 fully saturated rings. The molecule has 1 aromatic rings. The Bertz CT molecular complexity index is 409. The number of hydrogen-bond donors (Lipinski definition) is 2. The van der Waals surface area contributed by atoms with Gasteiger partial charge in [-0.1, -0.05) is 13.0 Å². The van der Waals surface area contributed by atoms with Gasteiger partial charge in [-0.2, -0.15) is 0 Å². The lowest BCUT2D eigenvalue weighted by Crippen LogP contribution is -2.42. The van der Waals surface area contributed by atoms with Gasteiger partial charge >= 0.3 is 0 Å². The maximum absolute atomic E-state index is 13.5. The summed E-state index contributed by atoms with van der Waals surface area (Å²) < 4.78 is 26.2. The predicted molar refractivity (Wildman–Crippen MR) is 61.2 cm³/mol. The summed E-state index contributed by atoms with van der Waals surface area (Å²) in [5, 5.41) is 2.91. The molecule has 1 rings (SSSR count). The SMILES string of the molecule is CC[C@@H](N[C@@H](C)c1ccc(F)cc1F)C(N)=O. The number of benzene rings is 1. The molecule has 0 aliphatic carbocycles. The zero-order valence-corrected chi connectivity index (χ0v) is 9.84. The first-order valence-corrected chi connectivity index (χ1v) is 5.46. The highest BCUT2D eigenvalue weighted by molar-refractivity contribution is 5.79. The summed E-state index contributed by atoms with van der Waals surface area (Å²) in [4.78, 5) is 11.0. The Labute approximate surface area is 99.0 Å². The largest absolute Gasteiger partial charge is 0.368 e. The fraction of sp³-hybridized carbons (Fsp3) is 0.417. The first-order valence-electron chi connectivity index (χ1n) is 5.46. The number of primary amides is 1. The Kier molecular flexibility index (Phi) is 4.57. The smallest absolute Gasteiger partial charge is 0.234 e. The fourth-order valence-electron chi connectivity index (χ4n) is 1.65. The predicted octanol–water partition coefficient (Wildman–Crippen LogP) is 1.88. The second kappa shape index (κ2) is 5.72. The van der Waals surface area contributed by atoms with Crippen molar-refractivity contribution in [1.82, 2.24) is 5.32 Å². The summed E-state index contributed by atoms with van der Waals surface area (Å²) in [5.41, 5.74) is 5.49. The standard InChI is InChI=1S/C12H16F2N2O/c1-3-11(12(15)17)16-7(2)9-5-4-8(13)6-10(9)14/h4-7,11,16H,3H2,1-2H3,(H2,15,17)/t7-,11+/m0/s1. The van der Waals surface area contributed by atoms with Gasteiger partial charge in [0.1, 0.15) is 11.6 Å². The van der Waals surface area contributed by atoms with E-state index in [2.05, 4.69) is 5.32 Å². The van der Waals surface area contributed by atoms with Crippen LogP contribution in [0.25, 0.3) is 0 Å². The molecule has 0 saturated heterocycles. The number of amides is 1. The van der Waals surface area contributed by atoms with Crippen molar-refractivity contribution in [1.29, 1.82) is 0 Å². The quantitative estimate of drug-likeness (QED) is 0.828. The van der Waals surface area contributed by atoms with Crippen molar-refractivity contribution in [2.75, 3.05) is 0 Å². The lowest BCUT2D eigenvalue weighted by atomic mass is 10.1. The third kappa shape index (κ3) is 3.49. The maximum Gasteiger partial charge on any atom is 0.234 e. The summed E-state index contributed by atoms with van der Waals surface area (Å²) in [7, 11) is 0. The number of hydrogen-bond acceptors (Lipinski definition) is 2. The molecular weight excluding hydrogens is 226 g/mol. The molecule has 0 radical (unpaired) electrons. The van der Waals surface area contributed by atoms with E-state index in [4.69, 9.17) is 5.73 Å². The van der Waals surface area contributed by atoms with Crippen LogP contribution in [0, 0.1) is 11.6 Å². The first-order chi connectivity index (χ1) is 7.95. The van der Waals surface area contributed by atoms with Gasteiger partial charge in [0.2, 0.25) is 5.91 Å². The van der Waals surface area contributed by atoms with Crippen LogP contribution in [0.5, 0.6) is 0 Å². The Balaban J connectivity index is 2.82. The van der Waals surface area contributed by atoms with Gasteiger partial charge in [0.15, 0.2) is 0 Å². The molecule has 1 amide bonds. The number of halogens is 2. The van der Waals surface area contributed by atoms with Crippen LogP contribution in [0.1, 0.15) is 31.9 Å². The average molecular weight is 242 g/mol. The van der Waals surface area contributed by atoms with Crippen molar-refractivity contribution in [2.24, 2.45) is 5.73 Å². The molecule has 94 valence electrons. The molecule has 0 aromatic heterocycles. The normalized spacial score (nSPS) is 14.4. The average Bonchev–Trinajstić information content (AvgIpc) is 2.24. The lowest BCUT2D eigenvalue weighted by molar-refractivity contribution is -0.120. The van der Waals surface area contributed by atoms with Crippen molar-refractivity contribution in [2.45, 2.75) is 32.4 Å². The highest BCUT2D eigenvalue weighted by Gasteiger charge is 2.18. The molecule has 3 nitrogen and oxygen atoms in total. The molecule has 17 heavy (non-hydrogen) atoms. The maximum atomic E-state index is 13.5. The highest BCUT2D eigenvalue weighted by Crippen LogP contribution is 2.18. The van der Waals surface area contributed by atoms with Gasteiger partial charge in [0.25, 0.3) is 0 Å². The van der Waals surface area contributed by atoms with Crippen LogP contribution in [0.3, 0.4) is 0 Å². The van der Waals surface area contributed by atoms with Crippen LogP contribution in [-0.2, 0) is 4.79 Å². The van der Waals surface area contributed by atoms with Crippen LogP contribution < -0.4 is 11.1 Å². The van der Waals surface area contributed by atoms with Crippen molar-refractivity contribution in [3.05, 3.63) is 35.4 Å². The van der Waals surface area contributed by atoms with Crippen LogP contribution in [0.15, 0.2) is 18.2 Å². The summed E-state index contributed by atoms with van der Waals surface area (Å²) >= 11 is 0. The topological polar surface area (TPSA) is 55.1 Å². The third-order valence-electron chi connectivity index (χ3n) is 2.63. The van der Waals surface area contributed by atoms with Crippen LogP contribution in [0.2, 0.25) is 0 Å². The van der Waals surface area contributed by atoms with E-state index >= 15 is 0 Å². The third-order valence-corrected chi connectivity index (χ3v) is 2.63. The minimum absolute atomic E-state index is 0.311. The second-order valence-electron chi connectivity index (χ2n) is 3.92. The van der Waals surface area contributed by atoms with E-state index in [1.54, 1.807) is 13.8 Å². The number of rotatable bonds is 5. The molecule has 1 aromatic carbocycles.